The van der Waals surface area contributed by atoms with Crippen molar-refractivity contribution < 1.29 is 14.6 Å². The van der Waals surface area contributed by atoms with E-state index >= 15 is 0 Å². The van der Waals surface area contributed by atoms with Crippen LogP contribution in [0.2, 0.25) is 0 Å². The van der Waals surface area contributed by atoms with Crippen molar-refractivity contribution in [3.8, 4) is 16.9 Å². The lowest BCUT2D eigenvalue weighted by Crippen LogP contribution is -2.05. The molecular weight excluding hydrogens is 288 g/mol. The molecule has 3 rings (SSSR count). The molecule has 0 saturated carbocycles. The molecule has 23 heavy (non-hydrogen) atoms. The Bertz CT molecular complexity index is 796. The van der Waals surface area contributed by atoms with Crippen molar-refractivity contribution in [3.05, 3.63) is 90.0 Å². The topological polar surface area (TPSA) is 46.5 Å². The molecule has 0 atom stereocenters. The quantitative estimate of drug-likeness (QED) is 0.726. The molecule has 0 aliphatic rings. The maximum Gasteiger partial charge on any atom is 0.342 e. The first kappa shape index (κ1) is 14.9. The number of benzene rings is 3. The van der Waals surface area contributed by atoms with Gasteiger partial charge in [0.25, 0.3) is 0 Å². The fourth-order valence-electron chi connectivity index (χ4n) is 2.31. The maximum absolute atomic E-state index is 12.2. The van der Waals surface area contributed by atoms with Crippen LogP contribution in [0.5, 0.6) is 5.75 Å². The Morgan fingerprint density at radius 1 is 0.826 bits per heavy atom. The van der Waals surface area contributed by atoms with Gasteiger partial charge in [-0.05, 0) is 28.8 Å². The van der Waals surface area contributed by atoms with E-state index in [0.29, 0.717) is 0 Å². The molecule has 0 unspecified atom stereocenters. The molecule has 0 radical (unpaired) electrons. The Morgan fingerprint density at radius 2 is 1.48 bits per heavy atom. The van der Waals surface area contributed by atoms with Gasteiger partial charge in [-0.3, -0.25) is 0 Å². The van der Waals surface area contributed by atoms with E-state index in [0.717, 1.165) is 16.7 Å². The van der Waals surface area contributed by atoms with E-state index in [1.165, 1.54) is 6.07 Å². The first-order valence-electron chi connectivity index (χ1n) is 7.33. The number of aromatic hydroxyl groups is 1. The smallest absolute Gasteiger partial charge is 0.342 e. The molecule has 0 aromatic heterocycles. The van der Waals surface area contributed by atoms with E-state index in [4.69, 9.17) is 4.74 Å². The standard InChI is InChI=1S/C20H16O3/c21-19-12-11-17(16-9-5-2-6-10-16)13-18(19)20(22)23-14-15-7-3-1-4-8-15/h1-13,21H,14H2. The predicted octanol–water partition coefficient (Wildman–Crippen LogP) is 4.42. The van der Waals surface area contributed by atoms with Crippen molar-refractivity contribution in [3.63, 3.8) is 0 Å². The summed E-state index contributed by atoms with van der Waals surface area (Å²) in [4.78, 5) is 12.2. The third-order valence-corrected chi connectivity index (χ3v) is 3.54. The monoisotopic (exact) mass is 304 g/mol. The Hall–Kier alpha value is -3.07. The van der Waals surface area contributed by atoms with Gasteiger partial charge in [-0.15, -0.1) is 0 Å². The number of hydrogen-bond donors (Lipinski definition) is 1. The number of ether oxygens (including phenoxy) is 1. The molecular formula is C20H16O3. The number of phenols is 1. The molecule has 0 heterocycles. The SMILES string of the molecule is O=C(OCc1ccccc1)c1cc(-c2ccccc2)ccc1O. The summed E-state index contributed by atoms with van der Waals surface area (Å²) in [5.41, 5.74) is 2.90. The van der Waals surface area contributed by atoms with Crippen molar-refractivity contribution in [2.45, 2.75) is 6.61 Å². The average Bonchev–Trinajstić information content (AvgIpc) is 2.62. The molecule has 3 aromatic carbocycles. The summed E-state index contributed by atoms with van der Waals surface area (Å²) >= 11 is 0. The molecule has 0 saturated heterocycles. The van der Waals surface area contributed by atoms with E-state index in [-0.39, 0.29) is 17.9 Å². The summed E-state index contributed by atoms with van der Waals surface area (Å²) < 4.78 is 5.29. The van der Waals surface area contributed by atoms with Gasteiger partial charge in [0, 0.05) is 0 Å². The van der Waals surface area contributed by atoms with Crippen molar-refractivity contribution in [1.29, 1.82) is 0 Å². The Morgan fingerprint density at radius 3 is 2.17 bits per heavy atom. The summed E-state index contributed by atoms with van der Waals surface area (Å²) in [7, 11) is 0. The predicted molar refractivity (Wildman–Crippen MR) is 89.1 cm³/mol. The Balaban J connectivity index is 1.80. The van der Waals surface area contributed by atoms with Crippen molar-refractivity contribution >= 4 is 5.97 Å². The summed E-state index contributed by atoms with van der Waals surface area (Å²) in [5, 5.41) is 9.95. The summed E-state index contributed by atoms with van der Waals surface area (Å²) in [6, 6.07) is 24.1. The van der Waals surface area contributed by atoms with Crippen LogP contribution in [0, 0.1) is 0 Å². The molecule has 0 aliphatic carbocycles. The number of carbonyl (C=O) groups excluding carboxylic acids is 1. The van der Waals surface area contributed by atoms with E-state index in [1.54, 1.807) is 12.1 Å². The zero-order valence-corrected chi connectivity index (χ0v) is 12.5. The molecule has 0 fully saturated rings. The van der Waals surface area contributed by atoms with E-state index < -0.39 is 5.97 Å². The zero-order chi connectivity index (χ0) is 16.1. The van der Waals surface area contributed by atoms with Gasteiger partial charge in [-0.1, -0.05) is 66.7 Å². The van der Waals surface area contributed by atoms with Gasteiger partial charge < -0.3 is 9.84 Å². The first-order chi connectivity index (χ1) is 11.2. The second-order valence-electron chi connectivity index (χ2n) is 5.16. The highest BCUT2D eigenvalue weighted by Gasteiger charge is 2.14. The van der Waals surface area contributed by atoms with Gasteiger partial charge in [-0.25, -0.2) is 4.79 Å². The van der Waals surface area contributed by atoms with Gasteiger partial charge in [-0.2, -0.15) is 0 Å². The summed E-state index contributed by atoms with van der Waals surface area (Å²) in [6.07, 6.45) is 0. The molecule has 0 bridgehead atoms. The third kappa shape index (κ3) is 3.58. The highest BCUT2D eigenvalue weighted by Crippen LogP contribution is 2.26. The lowest BCUT2D eigenvalue weighted by atomic mass is 10.0. The van der Waals surface area contributed by atoms with Crippen molar-refractivity contribution in [1.82, 2.24) is 0 Å². The molecule has 0 aliphatic heterocycles. The lowest BCUT2D eigenvalue weighted by molar-refractivity contribution is 0.0469. The number of esters is 1. The van der Waals surface area contributed by atoms with E-state index in [1.807, 2.05) is 60.7 Å². The number of hydrogen-bond acceptors (Lipinski definition) is 3. The normalized spacial score (nSPS) is 10.3. The highest BCUT2D eigenvalue weighted by molar-refractivity contribution is 5.94. The van der Waals surface area contributed by atoms with Gasteiger partial charge in [0.1, 0.15) is 17.9 Å². The van der Waals surface area contributed by atoms with Crippen molar-refractivity contribution in [2.75, 3.05) is 0 Å². The van der Waals surface area contributed by atoms with Crippen LogP contribution in [0.25, 0.3) is 11.1 Å². The zero-order valence-electron chi connectivity index (χ0n) is 12.5. The second-order valence-corrected chi connectivity index (χ2v) is 5.16. The van der Waals surface area contributed by atoms with Crippen molar-refractivity contribution in [2.24, 2.45) is 0 Å². The average molecular weight is 304 g/mol. The molecule has 0 spiro atoms. The summed E-state index contributed by atoms with van der Waals surface area (Å²) in [5.74, 6) is -0.619. The Labute approximate surface area is 134 Å². The second kappa shape index (κ2) is 6.79. The minimum atomic E-state index is -0.538. The number of rotatable bonds is 4. The van der Waals surface area contributed by atoms with Crippen LogP contribution in [0.3, 0.4) is 0 Å². The van der Waals surface area contributed by atoms with E-state index in [2.05, 4.69) is 0 Å². The minimum Gasteiger partial charge on any atom is -0.507 e. The van der Waals surface area contributed by atoms with Crippen LogP contribution in [0.1, 0.15) is 15.9 Å². The highest BCUT2D eigenvalue weighted by atomic mass is 16.5. The minimum absolute atomic E-state index is 0.0808. The molecule has 0 amide bonds. The van der Waals surface area contributed by atoms with Gasteiger partial charge in [0.2, 0.25) is 0 Å². The molecule has 3 heteroatoms. The molecule has 3 aromatic rings. The maximum atomic E-state index is 12.2. The van der Waals surface area contributed by atoms with Crippen LogP contribution in [-0.4, -0.2) is 11.1 Å². The molecule has 3 nitrogen and oxygen atoms in total. The van der Waals surface area contributed by atoms with Crippen LogP contribution < -0.4 is 0 Å². The first-order valence-corrected chi connectivity index (χ1v) is 7.33. The third-order valence-electron chi connectivity index (χ3n) is 3.54. The number of carbonyl (C=O) groups is 1. The summed E-state index contributed by atoms with van der Waals surface area (Å²) in [6.45, 7) is 0.175. The van der Waals surface area contributed by atoms with Gasteiger partial charge in [0.05, 0.1) is 0 Å². The number of phenolic OH excluding ortho intramolecular Hbond substituents is 1. The lowest BCUT2D eigenvalue weighted by Gasteiger charge is -2.09. The Kier molecular flexibility index (Phi) is 4.39. The van der Waals surface area contributed by atoms with Crippen LogP contribution in [-0.2, 0) is 11.3 Å². The van der Waals surface area contributed by atoms with Crippen LogP contribution in [0.15, 0.2) is 78.9 Å². The largest absolute Gasteiger partial charge is 0.507 e. The van der Waals surface area contributed by atoms with Crippen LogP contribution >= 0.6 is 0 Å². The molecule has 1 N–H and O–H groups in total. The molecule has 114 valence electrons. The fourth-order valence-corrected chi connectivity index (χ4v) is 2.31. The van der Waals surface area contributed by atoms with E-state index in [9.17, 15) is 9.90 Å². The van der Waals surface area contributed by atoms with Crippen LogP contribution in [0.4, 0.5) is 0 Å². The van der Waals surface area contributed by atoms with Gasteiger partial charge in [0.15, 0.2) is 0 Å². The van der Waals surface area contributed by atoms with Gasteiger partial charge >= 0.3 is 5.97 Å². The fraction of sp³-hybridized carbons (Fsp3) is 0.0500.